The van der Waals surface area contributed by atoms with Crippen LogP contribution in [0.15, 0.2) is 83.0 Å². The largest absolute Gasteiger partial charge is 0.493 e. The molecular weight excluding hydrogens is 448 g/mol. The van der Waals surface area contributed by atoms with Crippen molar-refractivity contribution >= 4 is 28.9 Å². The first kappa shape index (κ1) is 25.4. The molecule has 3 aromatic rings. The van der Waals surface area contributed by atoms with Gasteiger partial charge in [-0.1, -0.05) is 24.3 Å². The topological polar surface area (TPSA) is 122 Å². The average Bonchev–Trinajstić information content (AvgIpc) is 2.88. The van der Waals surface area contributed by atoms with Gasteiger partial charge in [-0.15, -0.1) is 0 Å². The summed E-state index contributed by atoms with van der Waals surface area (Å²) < 4.78 is 10.5. The molecule has 0 aromatic heterocycles. The third kappa shape index (κ3) is 7.94. The number of methoxy groups -OCH3 is 2. The highest BCUT2D eigenvalue weighted by Gasteiger charge is 2.20. The van der Waals surface area contributed by atoms with Crippen molar-refractivity contribution in [1.29, 1.82) is 0 Å². The molecule has 0 spiro atoms. The van der Waals surface area contributed by atoms with Crippen LogP contribution in [0.3, 0.4) is 0 Å². The number of nitrogens with zero attached hydrogens (tertiary/aromatic N) is 2. The van der Waals surface area contributed by atoms with Gasteiger partial charge >= 0.3 is 5.97 Å². The number of anilines is 1. The lowest BCUT2D eigenvalue weighted by Crippen LogP contribution is -2.40. The number of ether oxygens (including phenoxy) is 2. The van der Waals surface area contributed by atoms with E-state index in [0.717, 1.165) is 11.3 Å². The molecule has 0 saturated heterocycles. The summed E-state index contributed by atoms with van der Waals surface area (Å²) in [6, 6.07) is 20.7. The number of azo groups is 1. The van der Waals surface area contributed by atoms with E-state index in [1.54, 1.807) is 44.6 Å². The van der Waals surface area contributed by atoms with Crippen LogP contribution in [0.5, 0.6) is 11.5 Å². The quantitative estimate of drug-likeness (QED) is 0.325. The predicted molar refractivity (Wildman–Crippen MR) is 133 cm³/mol. The van der Waals surface area contributed by atoms with Crippen LogP contribution >= 0.6 is 0 Å². The summed E-state index contributed by atoms with van der Waals surface area (Å²) in [5, 5.41) is 23.5. The van der Waals surface area contributed by atoms with E-state index in [9.17, 15) is 14.7 Å². The molecule has 35 heavy (non-hydrogen) atoms. The molecule has 3 rings (SSSR count). The van der Waals surface area contributed by atoms with E-state index < -0.39 is 17.9 Å². The Morgan fingerprint density at radius 3 is 2.17 bits per heavy atom. The molecule has 9 nitrogen and oxygen atoms in total. The van der Waals surface area contributed by atoms with Crippen molar-refractivity contribution in [3.63, 3.8) is 0 Å². The summed E-state index contributed by atoms with van der Waals surface area (Å²) in [5.41, 5.74) is 2.87. The maximum absolute atomic E-state index is 12.4. The fourth-order valence-corrected chi connectivity index (χ4v) is 3.29. The Bertz CT molecular complexity index is 1150. The molecule has 9 heteroatoms. The highest BCUT2D eigenvalue weighted by atomic mass is 16.5. The molecule has 0 fully saturated rings. The van der Waals surface area contributed by atoms with Gasteiger partial charge < -0.3 is 25.2 Å². The van der Waals surface area contributed by atoms with Crippen molar-refractivity contribution in [3.8, 4) is 11.5 Å². The second-order valence-electron chi connectivity index (χ2n) is 7.62. The number of rotatable bonds is 12. The van der Waals surface area contributed by atoms with Gasteiger partial charge in [-0.05, 0) is 67.1 Å². The number of carbonyl (C=O) groups excluding carboxylic acids is 1. The maximum atomic E-state index is 12.4. The minimum absolute atomic E-state index is 0.212. The fraction of sp³-hybridized carbons (Fsp3) is 0.231. The van der Waals surface area contributed by atoms with Crippen molar-refractivity contribution in [2.75, 3.05) is 26.1 Å². The summed E-state index contributed by atoms with van der Waals surface area (Å²) in [7, 11) is 3.12. The molecular formula is C26H28N4O5. The zero-order valence-corrected chi connectivity index (χ0v) is 19.6. The number of aliphatic carboxylic acids is 1. The number of carboxylic acids is 1. The normalized spacial score (nSPS) is 11.7. The van der Waals surface area contributed by atoms with Crippen molar-refractivity contribution < 1.29 is 24.2 Å². The Balaban J connectivity index is 1.49. The highest BCUT2D eigenvalue weighted by Crippen LogP contribution is 2.27. The molecule has 0 heterocycles. The van der Waals surface area contributed by atoms with E-state index in [0.29, 0.717) is 35.8 Å². The molecule has 182 valence electrons. The number of carbonyl (C=O) groups is 2. The number of carboxylic acid groups (broad SMARTS) is 1. The molecule has 0 radical (unpaired) electrons. The van der Waals surface area contributed by atoms with E-state index in [1.165, 1.54) is 0 Å². The van der Waals surface area contributed by atoms with E-state index in [4.69, 9.17) is 9.47 Å². The Kier molecular flexibility index (Phi) is 9.32. The predicted octanol–water partition coefficient (Wildman–Crippen LogP) is 4.73. The second-order valence-corrected chi connectivity index (χ2v) is 7.62. The Labute approximate surface area is 203 Å². The number of hydrogen-bond donors (Lipinski definition) is 3. The first-order valence-corrected chi connectivity index (χ1v) is 11.0. The molecule has 3 aromatic carbocycles. The van der Waals surface area contributed by atoms with Gasteiger partial charge in [0.05, 0.1) is 32.0 Å². The van der Waals surface area contributed by atoms with Crippen molar-refractivity contribution in [2.24, 2.45) is 10.2 Å². The van der Waals surface area contributed by atoms with Gasteiger partial charge in [-0.3, -0.25) is 9.59 Å². The first-order valence-electron chi connectivity index (χ1n) is 11.0. The Morgan fingerprint density at radius 1 is 0.886 bits per heavy atom. The van der Waals surface area contributed by atoms with E-state index in [-0.39, 0.29) is 6.42 Å². The SMILES string of the molecule is COc1ccc(CCNC(CC(=O)Nc2ccc(N=Nc3ccccc3)cc2)C(=O)O)cc1OC. The van der Waals surface area contributed by atoms with Crippen LogP contribution in [0.4, 0.5) is 17.1 Å². The van der Waals surface area contributed by atoms with Crippen LogP contribution in [-0.2, 0) is 16.0 Å². The number of hydrogen-bond acceptors (Lipinski definition) is 7. The summed E-state index contributed by atoms with van der Waals surface area (Å²) in [5.74, 6) is -0.276. The minimum Gasteiger partial charge on any atom is -0.493 e. The van der Waals surface area contributed by atoms with Crippen molar-refractivity contribution in [2.45, 2.75) is 18.9 Å². The van der Waals surface area contributed by atoms with E-state index >= 15 is 0 Å². The summed E-state index contributed by atoms with van der Waals surface area (Å²) in [4.78, 5) is 24.1. The number of nitrogens with one attached hydrogen (secondary N) is 2. The van der Waals surface area contributed by atoms with Gasteiger partial charge in [-0.2, -0.15) is 10.2 Å². The lowest BCUT2D eigenvalue weighted by atomic mass is 10.1. The second kappa shape index (κ2) is 12.9. The summed E-state index contributed by atoms with van der Waals surface area (Å²) in [6.07, 6.45) is 0.349. The first-order chi connectivity index (χ1) is 17.0. The number of benzene rings is 3. The maximum Gasteiger partial charge on any atom is 0.321 e. The van der Waals surface area contributed by atoms with Gasteiger partial charge in [0, 0.05) is 5.69 Å². The zero-order valence-electron chi connectivity index (χ0n) is 19.6. The van der Waals surface area contributed by atoms with Crippen molar-refractivity contribution in [3.05, 3.63) is 78.4 Å². The molecule has 0 saturated carbocycles. The van der Waals surface area contributed by atoms with Gasteiger partial charge in [0.1, 0.15) is 6.04 Å². The minimum atomic E-state index is -1.09. The smallest absolute Gasteiger partial charge is 0.321 e. The Morgan fingerprint density at radius 2 is 1.54 bits per heavy atom. The van der Waals surface area contributed by atoms with Gasteiger partial charge in [-0.25, -0.2) is 0 Å². The summed E-state index contributed by atoms with van der Waals surface area (Å²) in [6.45, 7) is 0.376. The third-order valence-electron chi connectivity index (χ3n) is 5.13. The number of amides is 1. The van der Waals surface area contributed by atoms with Gasteiger partial charge in [0.15, 0.2) is 11.5 Å². The zero-order chi connectivity index (χ0) is 25.0. The molecule has 0 aliphatic heterocycles. The molecule has 1 amide bonds. The monoisotopic (exact) mass is 476 g/mol. The van der Waals surface area contributed by atoms with Crippen LogP contribution in [0, 0.1) is 0 Å². The third-order valence-corrected chi connectivity index (χ3v) is 5.13. The molecule has 0 aliphatic carbocycles. The van der Waals surface area contributed by atoms with E-state index in [1.807, 2.05) is 42.5 Å². The van der Waals surface area contributed by atoms with Crippen LogP contribution in [-0.4, -0.2) is 43.8 Å². The standard InChI is InChI=1S/C26H28N4O5/c1-34-23-13-8-18(16-24(23)35-2)14-15-27-22(26(32)33)17-25(31)28-19-9-11-21(12-10-19)30-29-20-6-4-3-5-7-20/h3-13,16,22,27H,14-15,17H2,1-2H3,(H,28,31)(H,32,33). The molecule has 1 atom stereocenters. The highest BCUT2D eigenvalue weighted by molar-refractivity contribution is 5.94. The molecule has 1 unspecified atom stereocenters. The van der Waals surface area contributed by atoms with Crippen molar-refractivity contribution in [1.82, 2.24) is 5.32 Å². The van der Waals surface area contributed by atoms with Crippen LogP contribution < -0.4 is 20.1 Å². The van der Waals surface area contributed by atoms with E-state index in [2.05, 4.69) is 20.9 Å². The van der Waals surface area contributed by atoms with Crippen LogP contribution in [0.25, 0.3) is 0 Å². The lowest BCUT2D eigenvalue weighted by molar-refractivity contribution is -0.141. The van der Waals surface area contributed by atoms with Crippen LogP contribution in [0.1, 0.15) is 12.0 Å². The average molecular weight is 477 g/mol. The fourth-order valence-electron chi connectivity index (χ4n) is 3.29. The van der Waals surface area contributed by atoms with Gasteiger partial charge in [0.2, 0.25) is 5.91 Å². The molecule has 0 bridgehead atoms. The van der Waals surface area contributed by atoms with Gasteiger partial charge in [0.25, 0.3) is 0 Å². The summed E-state index contributed by atoms with van der Waals surface area (Å²) >= 11 is 0. The molecule has 0 aliphatic rings. The molecule has 3 N–H and O–H groups in total. The van der Waals surface area contributed by atoms with Crippen LogP contribution in [0.2, 0.25) is 0 Å². The lowest BCUT2D eigenvalue weighted by Gasteiger charge is -2.15. The Hall–Kier alpha value is -4.24.